The first-order valence-corrected chi connectivity index (χ1v) is 6.29. The SMILES string of the molecule is CCCS(=O)(=O)N1[C@@H]2CCC[C@H]21. The first-order chi connectivity index (χ1) is 5.67. The van der Waals surface area contributed by atoms with Crippen molar-refractivity contribution < 1.29 is 8.42 Å². The Balaban J connectivity index is 2.03. The summed E-state index contributed by atoms with van der Waals surface area (Å²) in [5.74, 6) is 0.333. The van der Waals surface area contributed by atoms with Gasteiger partial charge < -0.3 is 0 Å². The molecule has 0 aromatic heterocycles. The summed E-state index contributed by atoms with van der Waals surface area (Å²) in [7, 11) is -2.86. The van der Waals surface area contributed by atoms with Crippen molar-refractivity contribution in [2.45, 2.75) is 44.7 Å². The molecular formula is C8H15NO2S. The lowest BCUT2D eigenvalue weighted by Crippen LogP contribution is -2.20. The fourth-order valence-electron chi connectivity index (χ4n) is 2.26. The van der Waals surface area contributed by atoms with Gasteiger partial charge in [0.05, 0.1) is 5.75 Å². The van der Waals surface area contributed by atoms with E-state index in [0.29, 0.717) is 17.8 Å². The summed E-state index contributed by atoms with van der Waals surface area (Å²) in [4.78, 5) is 0. The summed E-state index contributed by atoms with van der Waals surface area (Å²) in [6.45, 7) is 1.91. The Bertz CT molecular complexity index is 263. The summed E-state index contributed by atoms with van der Waals surface area (Å²) in [6, 6.07) is 0.781. The molecule has 1 aliphatic carbocycles. The van der Waals surface area contributed by atoms with Crippen LogP contribution in [0, 0.1) is 0 Å². The van der Waals surface area contributed by atoms with E-state index in [2.05, 4.69) is 0 Å². The third-order valence-electron chi connectivity index (χ3n) is 2.79. The van der Waals surface area contributed by atoms with Crippen molar-refractivity contribution in [2.75, 3.05) is 5.75 Å². The Kier molecular flexibility index (Phi) is 1.92. The van der Waals surface area contributed by atoms with Crippen LogP contribution in [-0.4, -0.2) is 30.6 Å². The molecule has 1 saturated heterocycles. The number of rotatable bonds is 3. The predicted octanol–water partition coefficient (Wildman–Crippen LogP) is 0.963. The van der Waals surface area contributed by atoms with Crippen molar-refractivity contribution in [3.63, 3.8) is 0 Å². The Morgan fingerprint density at radius 2 is 1.92 bits per heavy atom. The van der Waals surface area contributed by atoms with Crippen LogP contribution in [0.4, 0.5) is 0 Å². The molecular weight excluding hydrogens is 174 g/mol. The van der Waals surface area contributed by atoms with Crippen LogP contribution in [0.3, 0.4) is 0 Å². The van der Waals surface area contributed by atoms with E-state index in [1.54, 1.807) is 4.31 Å². The molecule has 0 spiro atoms. The fourth-order valence-corrected chi connectivity index (χ4v) is 4.25. The standard InChI is InChI=1S/C8H15NO2S/c1-2-6-12(10,11)9-7-4-3-5-8(7)9/h7-8H,2-6H2,1H3/t7-,8-/m1/s1. The normalized spacial score (nSPS) is 39.6. The molecule has 0 bridgehead atoms. The van der Waals surface area contributed by atoms with Gasteiger partial charge in [-0.2, -0.15) is 4.31 Å². The molecule has 70 valence electrons. The summed E-state index contributed by atoms with van der Waals surface area (Å²) < 4.78 is 24.8. The molecule has 0 radical (unpaired) electrons. The highest BCUT2D eigenvalue weighted by Crippen LogP contribution is 2.44. The molecule has 4 heteroatoms. The molecule has 2 rings (SSSR count). The molecule has 0 aromatic carbocycles. The van der Waals surface area contributed by atoms with E-state index in [9.17, 15) is 8.42 Å². The smallest absolute Gasteiger partial charge is 0.212 e. The molecule has 1 heterocycles. The maximum absolute atomic E-state index is 11.5. The monoisotopic (exact) mass is 189 g/mol. The molecule has 2 aliphatic rings. The zero-order valence-corrected chi connectivity index (χ0v) is 8.18. The van der Waals surface area contributed by atoms with E-state index in [-0.39, 0.29) is 0 Å². The summed E-state index contributed by atoms with van der Waals surface area (Å²) in [5, 5.41) is 0. The van der Waals surface area contributed by atoms with E-state index in [1.165, 1.54) is 6.42 Å². The third kappa shape index (κ3) is 1.17. The Hall–Kier alpha value is -0.0900. The molecule has 1 aliphatic heterocycles. The minimum Gasteiger partial charge on any atom is -0.212 e. The van der Waals surface area contributed by atoms with Gasteiger partial charge in [0.2, 0.25) is 10.0 Å². The van der Waals surface area contributed by atoms with Crippen molar-refractivity contribution in [3.05, 3.63) is 0 Å². The second-order valence-corrected chi connectivity index (χ2v) is 5.71. The van der Waals surface area contributed by atoms with Gasteiger partial charge in [0, 0.05) is 12.1 Å². The zero-order chi connectivity index (χ0) is 8.77. The lowest BCUT2D eigenvalue weighted by Gasteiger charge is -2.06. The van der Waals surface area contributed by atoms with Gasteiger partial charge in [-0.25, -0.2) is 8.42 Å². The number of hydrogen-bond acceptors (Lipinski definition) is 2. The van der Waals surface area contributed by atoms with Crippen LogP contribution in [0.25, 0.3) is 0 Å². The Labute approximate surface area is 73.8 Å². The summed E-state index contributed by atoms with van der Waals surface area (Å²) in [6.07, 6.45) is 4.13. The van der Waals surface area contributed by atoms with E-state index in [1.807, 2.05) is 6.92 Å². The van der Waals surface area contributed by atoms with E-state index >= 15 is 0 Å². The molecule has 2 atom stereocenters. The van der Waals surface area contributed by atoms with Gasteiger partial charge in [0.25, 0.3) is 0 Å². The van der Waals surface area contributed by atoms with Gasteiger partial charge in [-0.1, -0.05) is 13.3 Å². The molecule has 0 N–H and O–H groups in total. The van der Waals surface area contributed by atoms with Crippen LogP contribution >= 0.6 is 0 Å². The van der Waals surface area contributed by atoms with Crippen molar-refractivity contribution in [1.82, 2.24) is 4.31 Å². The molecule has 3 nitrogen and oxygen atoms in total. The van der Waals surface area contributed by atoms with Crippen LogP contribution < -0.4 is 0 Å². The minimum atomic E-state index is -2.86. The number of sulfonamides is 1. The second kappa shape index (κ2) is 2.70. The quantitative estimate of drug-likeness (QED) is 0.620. The highest BCUT2D eigenvalue weighted by molar-refractivity contribution is 7.89. The van der Waals surface area contributed by atoms with E-state index in [0.717, 1.165) is 19.3 Å². The lowest BCUT2D eigenvalue weighted by atomic mass is 10.3. The number of hydrogen-bond donors (Lipinski definition) is 0. The maximum atomic E-state index is 11.5. The second-order valence-electron chi connectivity index (χ2n) is 3.71. The third-order valence-corrected chi connectivity index (χ3v) is 4.90. The van der Waals surface area contributed by atoms with E-state index < -0.39 is 10.0 Å². The van der Waals surface area contributed by atoms with Gasteiger partial charge in [0.15, 0.2) is 0 Å². The molecule has 12 heavy (non-hydrogen) atoms. The van der Waals surface area contributed by atoms with Crippen molar-refractivity contribution >= 4 is 10.0 Å². The molecule has 0 amide bonds. The highest BCUT2D eigenvalue weighted by atomic mass is 32.2. The molecule has 1 saturated carbocycles. The lowest BCUT2D eigenvalue weighted by molar-refractivity contribution is 0.516. The molecule has 0 aromatic rings. The maximum Gasteiger partial charge on any atom is 0.214 e. The summed E-state index contributed by atoms with van der Waals surface area (Å²) in [5.41, 5.74) is 0. The van der Waals surface area contributed by atoms with Gasteiger partial charge >= 0.3 is 0 Å². The Morgan fingerprint density at radius 3 is 2.42 bits per heavy atom. The van der Waals surface area contributed by atoms with Crippen molar-refractivity contribution in [3.8, 4) is 0 Å². The highest BCUT2D eigenvalue weighted by Gasteiger charge is 2.56. The average molecular weight is 189 g/mol. The fraction of sp³-hybridized carbons (Fsp3) is 1.00. The number of fused-ring (bicyclic) bond motifs is 1. The van der Waals surface area contributed by atoms with Crippen LogP contribution in [0.1, 0.15) is 32.6 Å². The van der Waals surface area contributed by atoms with Crippen LogP contribution in [0.2, 0.25) is 0 Å². The zero-order valence-electron chi connectivity index (χ0n) is 7.36. The Morgan fingerprint density at radius 1 is 1.33 bits per heavy atom. The van der Waals surface area contributed by atoms with Crippen LogP contribution in [-0.2, 0) is 10.0 Å². The first kappa shape index (κ1) is 8.51. The van der Waals surface area contributed by atoms with Crippen molar-refractivity contribution in [2.24, 2.45) is 0 Å². The van der Waals surface area contributed by atoms with Crippen LogP contribution in [0.5, 0.6) is 0 Å². The van der Waals surface area contributed by atoms with Gasteiger partial charge in [0.1, 0.15) is 0 Å². The van der Waals surface area contributed by atoms with Crippen molar-refractivity contribution in [1.29, 1.82) is 0 Å². The average Bonchev–Trinajstić information content (AvgIpc) is 2.50. The van der Waals surface area contributed by atoms with E-state index in [4.69, 9.17) is 0 Å². The minimum absolute atomic E-state index is 0.333. The van der Waals surface area contributed by atoms with Crippen LogP contribution in [0.15, 0.2) is 0 Å². The van der Waals surface area contributed by atoms with Gasteiger partial charge in [-0.3, -0.25) is 0 Å². The molecule has 2 fully saturated rings. The summed E-state index contributed by atoms with van der Waals surface area (Å²) >= 11 is 0. The molecule has 0 unspecified atom stereocenters. The van der Waals surface area contributed by atoms with Gasteiger partial charge in [-0.15, -0.1) is 0 Å². The predicted molar refractivity (Wildman–Crippen MR) is 47.3 cm³/mol. The first-order valence-electron chi connectivity index (χ1n) is 4.68. The largest absolute Gasteiger partial charge is 0.214 e. The number of piperidine rings is 1. The topological polar surface area (TPSA) is 37.1 Å². The van der Waals surface area contributed by atoms with Gasteiger partial charge in [-0.05, 0) is 19.3 Å². The number of nitrogens with zero attached hydrogens (tertiary/aromatic N) is 1.